The number of hydrogen-bond donors (Lipinski definition) is 2. The molecule has 0 saturated heterocycles. The number of amides is 1. The van der Waals surface area contributed by atoms with Gasteiger partial charge in [0.15, 0.2) is 5.96 Å². The van der Waals surface area contributed by atoms with Gasteiger partial charge in [-0.25, -0.2) is 0 Å². The number of rotatable bonds is 6. The molecule has 9 heteroatoms. The van der Waals surface area contributed by atoms with Crippen molar-refractivity contribution in [2.75, 3.05) is 47.4 Å². The van der Waals surface area contributed by atoms with Gasteiger partial charge >= 0.3 is 6.18 Å². The molecule has 0 aliphatic heterocycles. The highest BCUT2D eigenvalue weighted by atomic mass is 19.4. The van der Waals surface area contributed by atoms with Crippen molar-refractivity contribution in [1.29, 1.82) is 0 Å². The van der Waals surface area contributed by atoms with Crippen LogP contribution in [0.15, 0.2) is 4.99 Å². The summed E-state index contributed by atoms with van der Waals surface area (Å²) in [6.07, 6.45) is -4.40. The van der Waals surface area contributed by atoms with E-state index in [1.54, 1.807) is 0 Å². The van der Waals surface area contributed by atoms with E-state index in [1.807, 2.05) is 0 Å². The predicted octanol–water partition coefficient (Wildman–Crippen LogP) is -0.182. The Balaban J connectivity index is 4.05. The van der Waals surface area contributed by atoms with Crippen LogP contribution in [0.2, 0.25) is 0 Å². The lowest BCUT2D eigenvalue weighted by Gasteiger charge is -2.19. The van der Waals surface area contributed by atoms with Crippen molar-refractivity contribution in [2.24, 2.45) is 4.99 Å². The van der Waals surface area contributed by atoms with E-state index in [1.165, 1.54) is 14.2 Å². The van der Waals surface area contributed by atoms with Crippen molar-refractivity contribution in [3.05, 3.63) is 0 Å². The Labute approximate surface area is 110 Å². The van der Waals surface area contributed by atoms with Crippen LogP contribution in [0.1, 0.15) is 0 Å². The van der Waals surface area contributed by atoms with Gasteiger partial charge in [-0.1, -0.05) is 0 Å². The van der Waals surface area contributed by atoms with E-state index >= 15 is 0 Å². The van der Waals surface area contributed by atoms with Gasteiger partial charge in [0.2, 0.25) is 5.91 Å². The maximum Gasteiger partial charge on any atom is 0.406 e. The second-order valence-corrected chi connectivity index (χ2v) is 3.71. The Hall–Kier alpha value is -1.51. The van der Waals surface area contributed by atoms with Crippen molar-refractivity contribution < 1.29 is 22.7 Å². The molecule has 112 valence electrons. The van der Waals surface area contributed by atoms with Crippen LogP contribution in [0.4, 0.5) is 13.2 Å². The lowest BCUT2D eigenvalue weighted by Crippen LogP contribution is -2.46. The fourth-order valence-electron chi connectivity index (χ4n) is 1.14. The first-order valence-corrected chi connectivity index (χ1v) is 5.54. The standard InChI is InChI=1S/C10H19F3N4O2/c1-14-9(15-4-5-19-3)16-6-8(18)17(2)7-10(11,12)13/h4-7H2,1-3H3,(H2,14,15,16). The highest BCUT2D eigenvalue weighted by Gasteiger charge is 2.31. The molecule has 0 aromatic rings. The fraction of sp³-hybridized carbons (Fsp3) is 0.800. The van der Waals surface area contributed by atoms with Crippen molar-refractivity contribution in [3.63, 3.8) is 0 Å². The molecule has 1 amide bonds. The van der Waals surface area contributed by atoms with E-state index in [9.17, 15) is 18.0 Å². The number of halogens is 3. The summed E-state index contributed by atoms with van der Waals surface area (Å²) in [7, 11) is 4.12. The summed E-state index contributed by atoms with van der Waals surface area (Å²) in [4.78, 5) is 15.8. The van der Waals surface area contributed by atoms with E-state index in [0.717, 1.165) is 7.05 Å². The molecule has 0 fully saturated rings. The molecule has 0 atom stereocenters. The van der Waals surface area contributed by atoms with Gasteiger partial charge in [-0.2, -0.15) is 13.2 Å². The number of aliphatic imine (C=N–C) groups is 1. The van der Waals surface area contributed by atoms with E-state index in [2.05, 4.69) is 15.6 Å². The van der Waals surface area contributed by atoms with Crippen LogP contribution in [0.5, 0.6) is 0 Å². The van der Waals surface area contributed by atoms with Gasteiger partial charge in [-0.15, -0.1) is 0 Å². The fourth-order valence-corrected chi connectivity index (χ4v) is 1.14. The minimum Gasteiger partial charge on any atom is -0.383 e. The second-order valence-electron chi connectivity index (χ2n) is 3.71. The number of nitrogens with one attached hydrogen (secondary N) is 2. The number of methoxy groups -OCH3 is 1. The summed E-state index contributed by atoms with van der Waals surface area (Å²) < 4.78 is 41.0. The maximum absolute atomic E-state index is 12.1. The number of likely N-dealkylation sites (N-methyl/N-ethyl adjacent to an activating group) is 1. The highest BCUT2D eigenvalue weighted by Crippen LogP contribution is 2.15. The molecular weight excluding hydrogens is 265 g/mol. The zero-order valence-corrected chi connectivity index (χ0v) is 11.2. The molecule has 0 aliphatic carbocycles. The molecule has 0 rings (SSSR count). The van der Waals surface area contributed by atoms with E-state index in [0.29, 0.717) is 24.0 Å². The number of nitrogens with zero attached hydrogens (tertiary/aromatic N) is 2. The van der Waals surface area contributed by atoms with Gasteiger partial charge in [0.05, 0.1) is 13.2 Å². The highest BCUT2D eigenvalue weighted by molar-refractivity contribution is 5.86. The van der Waals surface area contributed by atoms with Crippen molar-refractivity contribution in [2.45, 2.75) is 6.18 Å². The van der Waals surface area contributed by atoms with Crippen LogP contribution >= 0.6 is 0 Å². The molecule has 6 nitrogen and oxygen atoms in total. The summed E-state index contributed by atoms with van der Waals surface area (Å²) in [5.74, 6) is -0.349. The van der Waals surface area contributed by atoms with Gasteiger partial charge in [-0.05, 0) is 0 Å². The Morgan fingerprint density at radius 3 is 2.47 bits per heavy atom. The third kappa shape index (κ3) is 9.11. The topological polar surface area (TPSA) is 66.0 Å². The first-order valence-electron chi connectivity index (χ1n) is 5.54. The summed E-state index contributed by atoms with van der Waals surface area (Å²) in [5.41, 5.74) is 0. The largest absolute Gasteiger partial charge is 0.406 e. The average molecular weight is 284 g/mol. The number of ether oxygens (including phenoxy) is 1. The third-order valence-electron chi connectivity index (χ3n) is 2.07. The molecular formula is C10H19F3N4O2. The molecule has 2 N–H and O–H groups in total. The molecule has 0 radical (unpaired) electrons. The Kier molecular flexibility index (Phi) is 7.89. The van der Waals surface area contributed by atoms with Crippen molar-refractivity contribution in [3.8, 4) is 0 Å². The molecule has 0 bridgehead atoms. The molecule has 0 heterocycles. The van der Waals surface area contributed by atoms with Crippen LogP contribution in [0.25, 0.3) is 0 Å². The quantitative estimate of drug-likeness (QED) is 0.403. The number of carbonyl (C=O) groups is 1. The zero-order chi connectivity index (χ0) is 14.9. The van der Waals surface area contributed by atoms with Crippen LogP contribution in [-0.4, -0.2) is 70.4 Å². The lowest BCUT2D eigenvalue weighted by atomic mass is 10.4. The van der Waals surface area contributed by atoms with Crippen molar-refractivity contribution in [1.82, 2.24) is 15.5 Å². The van der Waals surface area contributed by atoms with Gasteiger partial charge in [0.1, 0.15) is 6.54 Å². The molecule has 0 spiro atoms. The number of carbonyl (C=O) groups excluding carboxylic acids is 1. The van der Waals surface area contributed by atoms with Crippen molar-refractivity contribution >= 4 is 11.9 Å². The summed E-state index contributed by atoms with van der Waals surface area (Å²) >= 11 is 0. The van der Waals surface area contributed by atoms with E-state index in [4.69, 9.17) is 4.74 Å². The Morgan fingerprint density at radius 2 is 2.00 bits per heavy atom. The van der Waals surface area contributed by atoms with Crippen LogP contribution in [0.3, 0.4) is 0 Å². The van der Waals surface area contributed by atoms with Crippen LogP contribution in [0, 0.1) is 0 Å². The molecule has 19 heavy (non-hydrogen) atoms. The zero-order valence-electron chi connectivity index (χ0n) is 11.2. The Morgan fingerprint density at radius 1 is 1.37 bits per heavy atom. The van der Waals surface area contributed by atoms with Gasteiger partial charge in [0.25, 0.3) is 0 Å². The van der Waals surface area contributed by atoms with E-state index in [-0.39, 0.29) is 6.54 Å². The number of alkyl halides is 3. The monoisotopic (exact) mass is 284 g/mol. The molecule has 0 saturated carbocycles. The Bertz CT molecular complexity index is 308. The van der Waals surface area contributed by atoms with Crippen LogP contribution < -0.4 is 10.6 Å². The summed E-state index contributed by atoms with van der Waals surface area (Å²) in [6, 6.07) is 0. The molecule has 0 aromatic heterocycles. The van der Waals surface area contributed by atoms with Crippen LogP contribution in [-0.2, 0) is 9.53 Å². The SMILES string of the molecule is CN=C(NCCOC)NCC(=O)N(C)CC(F)(F)F. The molecule has 0 unspecified atom stereocenters. The minimum atomic E-state index is -4.40. The summed E-state index contributed by atoms with van der Waals surface area (Å²) in [6.45, 7) is -0.617. The van der Waals surface area contributed by atoms with Gasteiger partial charge in [0, 0.05) is 27.7 Å². The smallest absolute Gasteiger partial charge is 0.383 e. The van der Waals surface area contributed by atoms with E-state index < -0.39 is 18.6 Å². The number of guanidine groups is 1. The minimum absolute atomic E-state index is 0.265. The molecule has 0 aromatic carbocycles. The summed E-state index contributed by atoms with van der Waals surface area (Å²) in [5, 5.41) is 5.45. The third-order valence-corrected chi connectivity index (χ3v) is 2.07. The molecule has 0 aliphatic rings. The normalized spacial score (nSPS) is 12.2. The van der Waals surface area contributed by atoms with Gasteiger partial charge < -0.3 is 20.3 Å². The predicted molar refractivity (Wildman–Crippen MR) is 64.9 cm³/mol. The second kappa shape index (κ2) is 8.57. The lowest BCUT2D eigenvalue weighted by molar-refractivity contribution is -0.157. The first kappa shape index (κ1) is 17.5. The first-order chi connectivity index (χ1) is 8.80. The number of hydrogen-bond acceptors (Lipinski definition) is 3. The maximum atomic E-state index is 12.1. The van der Waals surface area contributed by atoms with Gasteiger partial charge in [-0.3, -0.25) is 9.79 Å². The average Bonchev–Trinajstić information content (AvgIpc) is 2.31.